The Morgan fingerprint density at radius 1 is 1.45 bits per heavy atom. The SMILES string of the molecule is CCNCc1cnc(N(CCCO)C2CCC2)c(C)c1. The maximum Gasteiger partial charge on any atom is 0.131 e. The summed E-state index contributed by atoms with van der Waals surface area (Å²) < 4.78 is 0. The highest BCUT2D eigenvalue weighted by Crippen LogP contribution is 2.30. The molecule has 0 amide bonds. The van der Waals surface area contributed by atoms with Gasteiger partial charge in [-0.05, 0) is 56.3 Å². The van der Waals surface area contributed by atoms with Gasteiger partial charge in [0.05, 0.1) is 0 Å². The van der Waals surface area contributed by atoms with Crippen LogP contribution in [0, 0.1) is 6.92 Å². The van der Waals surface area contributed by atoms with Crippen molar-refractivity contribution in [3.8, 4) is 0 Å². The minimum atomic E-state index is 0.251. The van der Waals surface area contributed by atoms with Crippen LogP contribution in [-0.4, -0.2) is 35.8 Å². The third-order valence-electron chi connectivity index (χ3n) is 4.03. The van der Waals surface area contributed by atoms with Crippen molar-refractivity contribution < 1.29 is 5.11 Å². The maximum atomic E-state index is 9.09. The fourth-order valence-electron chi connectivity index (χ4n) is 2.69. The first kappa shape index (κ1) is 15.3. The zero-order valence-corrected chi connectivity index (χ0v) is 12.7. The van der Waals surface area contributed by atoms with Crippen LogP contribution in [-0.2, 0) is 6.54 Å². The summed E-state index contributed by atoms with van der Waals surface area (Å²) in [6, 6.07) is 2.85. The molecule has 0 aromatic carbocycles. The molecule has 0 radical (unpaired) electrons. The third kappa shape index (κ3) is 3.70. The number of aromatic nitrogens is 1. The van der Waals surface area contributed by atoms with Crippen molar-refractivity contribution in [2.75, 3.05) is 24.6 Å². The van der Waals surface area contributed by atoms with Gasteiger partial charge in [0, 0.05) is 31.9 Å². The standard InChI is InChI=1S/C16H27N3O/c1-3-17-11-14-10-13(2)16(18-12-14)19(8-5-9-20)15-6-4-7-15/h10,12,15,17,20H,3-9,11H2,1-2H3. The van der Waals surface area contributed by atoms with Crippen LogP contribution in [0.1, 0.15) is 43.7 Å². The molecule has 1 aliphatic rings. The highest BCUT2D eigenvalue weighted by atomic mass is 16.3. The molecule has 1 saturated carbocycles. The Kier molecular flexibility index (Phi) is 5.80. The van der Waals surface area contributed by atoms with Gasteiger partial charge in [-0.15, -0.1) is 0 Å². The lowest BCUT2D eigenvalue weighted by Crippen LogP contribution is -2.42. The predicted octanol–water partition coefficient (Wildman–Crippen LogP) is 2.24. The van der Waals surface area contributed by atoms with Crippen LogP contribution in [0.15, 0.2) is 12.3 Å². The minimum Gasteiger partial charge on any atom is -0.396 e. The Balaban J connectivity index is 2.10. The van der Waals surface area contributed by atoms with Crippen LogP contribution >= 0.6 is 0 Å². The predicted molar refractivity (Wildman–Crippen MR) is 83.0 cm³/mol. The molecule has 1 aromatic rings. The number of aliphatic hydroxyl groups is 1. The number of hydrogen-bond donors (Lipinski definition) is 2. The highest BCUT2D eigenvalue weighted by molar-refractivity contribution is 5.48. The van der Waals surface area contributed by atoms with Gasteiger partial charge in [0.15, 0.2) is 0 Å². The lowest BCUT2D eigenvalue weighted by molar-refractivity contribution is 0.282. The molecule has 112 valence electrons. The van der Waals surface area contributed by atoms with Crippen molar-refractivity contribution in [2.45, 2.75) is 52.1 Å². The summed E-state index contributed by atoms with van der Waals surface area (Å²) in [5, 5.41) is 12.4. The van der Waals surface area contributed by atoms with Crippen molar-refractivity contribution in [3.63, 3.8) is 0 Å². The van der Waals surface area contributed by atoms with Gasteiger partial charge in [-0.3, -0.25) is 0 Å². The molecule has 20 heavy (non-hydrogen) atoms. The Labute approximate surface area is 122 Å². The van der Waals surface area contributed by atoms with Gasteiger partial charge in [-0.2, -0.15) is 0 Å². The van der Waals surface area contributed by atoms with Crippen molar-refractivity contribution in [1.29, 1.82) is 0 Å². The van der Waals surface area contributed by atoms with Gasteiger partial charge in [0.2, 0.25) is 0 Å². The summed E-state index contributed by atoms with van der Waals surface area (Å²) in [5.74, 6) is 1.10. The maximum absolute atomic E-state index is 9.09. The topological polar surface area (TPSA) is 48.4 Å². The Morgan fingerprint density at radius 2 is 2.25 bits per heavy atom. The van der Waals surface area contributed by atoms with Crippen molar-refractivity contribution in [3.05, 3.63) is 23.4 Å². The molecule has 1 aliphatic carbocycles. The van der Waals surface area contributed by atoms with Gasteiger partial charge in [0.25, 0.3) is 0 Å². The molecule has 0 bridgehead atoms. The molecule has 0 atom stereocenters. The summed E-state index contributed by atoms with van der Waals surface area (Å²) in [7, 11) is 0. The molecular formula is C16H27N3O. The largest absolute Gasteiger partial charge is 0.396 e. The number of aliphatic hydroxyl groups excluding tert-OH is 1. The smallest absolute Gasteiger partial charge is 0.131 e. The van der Waals surface area contributed by atoms with Gasteiger partial charge < -0.3 is 15.3 Å². The number of nitrogens with zero attached hydrogens (tertiary/aromatic N) is 2. The molecular weight excluding hydrogens is 250 g/mol. The average molecular weight is 277 g/mol. The van der Waals surface area contributed by atoms with Gasteiger partial charge >= 0.3 is 0 Å². The first-order valence-electron chi connectivity index (χ1n) is 7.80. The van der Waals surface area contributed by atoms with Crippen LogP contribution < -0.4 is 10.2 Å². The van der Waals surface area contributed by atoms with E-state index in [4.69, 9.17) is 10.1 Å². The van der Waals surface area contributed by atoms with E-state index in [2.05, 4.69) is 30.1 Å². The molecule has 0 spiro atoms. The van der Waals surface area contributed by atoms with Crippen molar-refractivity contribution in [1.82, 2.24) is 10.3 Å². The van der Waals surface area contributed by atoms with E-state index in [9.17, 15) is 0 Å². The molecule has 0 aliphatic heterocycles. The monoisotopic (exact) mass is 277 g/mol. The molecule has 4 heteroatoms. The lowest BCUT2D eigenvalue weighted by atomic mass is 9.91. The van der Waals surface area contributed by atoms with Gasteiger partial charge in [-0.25, -0.2) is 4.98 Å². The summed E-state index contributed by atoms with van der Waals surface area (Å²) >= 11 is 0. The molecule has 0 saturated heterocycles. The molecule has 2 rings (SSSR count). The highest BCUT2D eigenvalue weighted by Gasteiger charge is 2.26. The van der Waals surface area contributed by atoms with Crippen molar-refractivity contribution >= 4 is 5.82 Å². The van der Waals surface area contributed by atoms with E-state index in [0.717, 1.165) is 31.9 Å². The molecule has 4 nitrogen and oxygen atoms in total. The fourth-order valence-corrected chi connectivity index (χ4v) is 2.69. The van der Waals surface area contributed by atoms with Crippen LogP contribution in [0.4, 0.5) is 5.82 Å². The third-order valence-corrected chi connectivity index (χ3v) is 4.03. The quantitative estimate of drug-likeness (QED) is 0.765. The first-order valence-corrected chi connectivity index (χ1v) is 7.80. The van der Waals surface area contributed by atoms with Gasteiger partial charge in [-0.1, -0.05) is 6.92 Å². The number of hydrogen-bond acceptors (Lipinski definition) is 4. The lowest BCUT2D eigenvalue weighted by Gasteiger charge is -2.39. The molecule has 2 N–H and O–H groups in total. The van der Waals surface area contributed by atoms with E-state index in [1.807, 2.05) is 6.20 Å². The van der Waals surface area contributed by atoms with E-state index in [0.29, 0.717) is 6.04 Å². The number of rotatable bonds is 8. The minimum absolute atomic E-state index is 0.251. The first-order chi connectivity index (χ1) is 9.76. The second kappa shape index (κ2) is 7.60. The molecule has 1 heterocycles. The number of aryl methyl sites for hydroxylation is 1. The number of anilines is 1. The van der Waals surface area contributed by atoms with Crippen molar-refractivity contribution in [2.24, 2.45) is 0 Å². The van der Waals surface area contributed by atoms with E-state index in [1.54, 1.807) is 0 Å². The van der Waals surface area contributed by atoms with Gasteiger partial charge in [0.1, 0.15) is 5.82 Å². The van der Waals surface area contributed by atoms with E-state index >= 15 is 0 Å². The van der Waals surface area contributed by atoms with Crippen LogP contribution in [0.5, 0.6) is 0 Å². The zero-order chi connectivity index (χ0) is 14.4. The molecule has 1 fully saturated rings. The second-order valence-corrected chi connectivity index (χ2v) is 5.62. The van der Waals surface area contributed by atoms with E-state index < -0.39 is 0 Å². The second-order valence-electron chi connectivity index (χ2n) is 5.62. The summed E-state index contributed by atoms with van der Waals surface area (Å²) in [4.78, 5) is 7.09. The summed E-state index contributed by atoms with van der Waals surface area (Å²) in [6.07, 6.45) is 6.63. The van der Waals surface area contributed by atoms with E-state index in [1.165, 1.54) is 30.4 Å². The molecule has 0 unspecified atom stereocenters. The van der Waals surface area contributed by atoms with Crippen LogP contribution in [0.3, 0.4) is 0 Å². The Hall–Kier alpha value is -1.13. The zero-order valence-electron chi connectivity index (χ0n) is 12.7. The summed E-state index contributed by atoms with van der Waals surface area (Å²) in [6.45, 7) is 7.27. The Bertz CT molecular complexity index is 418. The number of pyridine rings is 1. The van der Waals surface area contributed by atoms with Crippen LogP contribution in [0.25, 0.3) is 0 Å². The van der Waals surface area contributed by atoms with E-state index in [-0.39, 0.29) is 6.61 Å². The average Bonchev–Trinajstić information content (AvgIpc) is 2.39. The molecule has 1 aromatic heterocycles. The van der Waals surface area contributed by atoms with Crippen LogP contribution in [0.2, 0.25) is 0 Å². The fraction of sp³-hybridized carbons (Fsp3) is 0.688. The Morgan fingerprint density at radius 3 is 2.80 bits per heavy atom. The number of nitrogens with one attached hydrogen (secondary N) is 1. The summed E-state index contributed by atoms with van der Waals surface area (Å²) in [5.41, 5.74) is 2.48. The normalized spacial score (nSPS) is 15.2.